The van der Waals surface area contributed by atoms with Crippen LogP contribution in [0.4, 0.5) is 0 Å². The van der Waals surface area contributed by atoms with Gasteiger partial charge in [-0.15, -0.1) is 5.54 Å². The smallest absolute Gasteiger partial charge is 0.129 e. The van der Waals surface area contributed by atoms with Crippen molar-refractivity contribution in [1.29, 1.82) is 0 Å². The number of ether oxygens (including phenoxy) is 1. The van der Waals surface area contributed by atoms with Crippen molar-refractivity contribution in [3.05, 3.63) is 71.3 Å². The minimum Gasteiger partial charge on any atom is -0.372 e. The molecule has 0 aliphatic rings. The molecule has 0 amide bonds. The first-order valence-corrected chi connectivity index (χ1v) is 10.8. The van der Waals surface area contributed by atoms with Crippen LogP contribution >= 0.6 is 0 Å². The van der Waals surface area contributed by atoms with Gasteiger partial charge in [0.25, 0.3) is 0 Å². The van der Waals surface area contributed by atoms with E-state index in [-0.39, 0.29) is 0 Å². The Kier molecular flexibility index (Phi) is 5.38. The maximum absolute atomic E-state index is 5.77. The van der Waals surface area contributed by atoms with Crippen LogP contribution in [0.5, 0.6) is 0 Å². The number of hydrogen-bond acceptors (Lipinski definition) is 1. The first-order chi connectivity index (χ1) is 10.0. The van der Waals surface area contributed by atoms with Gasteiger partial charge in [-0.3, -0.25) is 0 Å². The Balaban J connectivity index is 1.93. The lowest BCUT2D eigenvalue weighted by atomic mass is 10.1. The zero-order chi connectivity index (χ0) is 15.1. The monoisotopic (exact) mass is 294 g/mol. The van der Waals surface area contributed by atoms with Gasteiger partial charge in [-0.2, -0.15) is 0 Å². The topological polar surface area (TPSA) is 9.23 Å². The van der Waals surface area contributed by atoms with E-state index in [1.54, 1.807) is 0 Å². The second kappa shape index (κ2) is 7.26. The molecule has 0 heterocycles. The van der Waals surface area contributed by atoms with E-state index in [9.17, 15) is 0 Å². The highest BCUT2D eigenvalue weighted by molar-refractivity contribution is 6.83. The normalized spacial score (nSPS) is 10.8. The molecule has 0 aromatic heterocycles. The lowest BCUT2D eigenvalue weighted by Crippen LogP contribution is -2.16. The summed E-state index contributed by atoms with van der Waals surface area (Å²) in [6, 6.07) is 18.6. The van der Waals surface area contributed by atoms with Crippen LogP contribution in [0.2, 0.25) is 19.6 Å². The van der Waals surface area contributed by atoms with Crippen LogP contribution in [0.3, 0.4) is 0 Å². The Labute approximate surface area is 129 Å². The Bertz CT molecular complexity index is 630. The molecule has 0 atom stereocenters. The Morgan fingerprint density at radius 3 is 2.24 bits per heavy atom. The summed E-state index contributed by atoms with van der Waals surface area (Å²) in [6.07, 6.45) is 0. The van der Waals surface area contributed by atoms with Crippen molar-refractivity contribution < 1.29 is 4.74 Å². The molecule has 0 fully saturated rings. The summed E-state index contributed by atoms with van der Waals surface area (Å²) >= 11 is 0. The van der Waals surface area contributed by atoms with Gasteiger partial charge in [-0.05, 0) is 23.3 Å². The second-order valence-corrected chi connectivity index (χ2v) is 10.9. The lowest BCUT2D eigenvalue weighted by molar-refractivity contribution is 0.107. The van der Waals surface area contributed by atoms with E-state index in [1.165, 1.54) is 11.1 Å². The van der Waals surface area contributed by atoms with E-state index >= 15 is 0 Å². The van der Waals surface area contributed by atoms with Gasteiger partial charge in [0.2, 0.25) is 0 Å². The van der Waals surface area contributed by atoms with Crippen molar-refractivity contribution in [2.24, 2.45) is 0 Å². The molecule has 0 aliphatic carbocycles. The molecule has 21 heavy (non-hydrogen) atoms. The highest BCUT2D eigenvalue weighted by atomic mass is 28.3. The number of benzene rings is 2. The van der Waals surface area contributed by atoms with Crippen molar-refractivity contribution in [3.8, 4) is 11.5 Å². The minimum absolute atomic E-state index is 0.622. The fraction of sp³-hybridized carbons (Fsp3) is 0.263. The molecule has 1 nitrogen and oxygen atoms in total. The second-order valence-electron chi connectivity index (χ2n) is 6.18. The molecule has 0 N–H and O–H groups in total. The highest BCUT2D eigenvalue weighted by Gasteiger charge is 2.07. The molecule has 2 aromatic carbocycles. The molecule has 2 heteroatoms. The van der Waals surface area contributed by atoms with Crippen LogP contribution in [-0.2, 0) is 18.0 Å². The molecule has 2 aromatic rings. The van der Waals surface area contributed by atoms with Crippen molar-refractivity contribution in [2.45, 2.75) is 32.9 Å². The van der Waals surface area contributed by atoms with Crippen molar-refractivity contribution >= 4 is 8.07 Å². The van der Waals surface area contributed by atoms with Crippen LogP contribution in [-0.4, -0.2) is 8.07 Å². The standard InChI is InChI=1S/C19H22OSi/c1-21(2,3)13-12-17-10-7-11-19(14-17)16-20-15-18-8-5-4-6-9-18/h4-11,14H,15-16H2,1-3H3. The lowest BCUT2D eigenvalue weighted by Gasteiger charge is -2.06. The first-order valence-electron chi connectivity index (χ1n) is 7.27. The molecule has 0 bridgehead atoms. The maximum atomic E-state index is 5.77. The third-order valence-corrected chi connectivity index (χ3v) is 3.76. The van der Waals surface area contributed by atoms with Crippen molar-refractivity contribution in [2.75, 3.05) is 0 Å². The van der Waals surface area contributed by atoms with Gasteiger partial charge in [-0.25, -0.2) is 0 Å². The predicted molar refractivity (Wildman–Crippen MR) is 91.6 cm³/mol. The largest absolute Gasteiger partial charge is 0.372 e. The molecule has 108 valence electrons. The van der Waals surface area contributed by atoms with Gasteiger partial charge in [0.05, 0.1) is 13.2 Å². The number of rotatable bonds is 4. The molecular weight excluding hydrogens is 272 g/mol. The molecule has 2 rings (SSSR count). The quantitative estimate of drug-likeness (QED) is 0.590. The first kappa shape index (κ1) is 15.6. The van der Waals surface area contributed by atoms with Crippen LogP contribution in [0, 0.1) is 11.5 Å². The van der Waals surface area contributed by atoms with Crippen LogP contribution in [0.1, 0.15) is 16.7 Å². The van der Waals surface area contributed by atoms with Crippen LogP contribution < -0.4 is 0 Å². The third kappa shape index (κ3) is 5.99. The predicted octanol–water partition coefficient (Wildman–Crippen LogP) is 4.63. The van der Waals surface area contributed by atoms with E-state index in [0.29, 0.717) is 13.2 Å². The summed E-state index contributed by atoms with van der Waals surface area (Å²) in [5.41, 5.74) is 6.85. The average Bonchev–Trinajstić information content (AvgIpc) is 2.46. The van der Waals surface area contributed by atoms with Gasteiger partial charge in [-0.1, -0.05) is 68.0 Å². The molecule has 0 radical (unpaired) electrons. The molecule has 0 saturated carbocycles. The summed E-state index contributed by atoms with van der Waals surface area (Å²) in [5.74, 6) is 3.29. The van der Waals surface area contributed by atoms with Gasteiger partial charge in [0.15, 0.2) is 0 Å². The zero-order valence-electron chi connectivity index (χ0n) is 13.0. The van der Waals surface area contributed by atoms with E-state index in [2.05, 4.69) is 67.5 Å². The Morgan fingerprint density at radius 2 is 1.52 bits per heavy atom. The van der Waals surface area contributed by atoms with E-state index < -0.39 is 8.07 Å². The molecule has 0 aliphatic heterocycles. The maximum Gasteiger partial charge on any atom is 0.129 e. The fourth-order valence-corrected chi connectivity index (χ4v) is 2.38. The van der Waals surface area contributed by atoms with Crippen LogP contribution in [0.25, 0.3) is 0 Å². The molecule has 0 spiro atoms. The summed E-state index contributed by atoms with van der Waals surface area (Å²) in [4.78, 5) is 0. The summed E-state index contributed by atoms with van der Waals surface area (Å²) in [6.45, 7) is 8.04. The van der Waals surface area contributed by atoms with Crippen molar-refractivity contribution in [1.82, 2.24) is 0 Å². The van der Waals surface area contributed by atoms with Gasteiger partial charge >= 0.3 is 0 Å². The zero-order valence-corrected chi connectivity index (χ0v) is 14.0. The van der Waals surface area contributed by atoms with Gasteiger partial charge < -0.3 is 4.74 Å². The van der Waals surface area contributed by atoms with Gasteiger partial charge in [0, 0.05) is 5.56 Å². The molecule has 0 saturated heterocycles. The Hall–Kier alpha value is -1.82. The average molecular weight is 294 g/mol. The van der Waals surface area contributed by atoms with E-state index in [4.69, 9.17) is 4.74 Å². The summed E-state index contributed by atoms with van der Waals surface area (Å²) in [5, 5.41) is 0. The highest BCUT2D eigenvalue weighted by Crippen LogP contribution is 2.09. The Morgan fingerprint density at radius 1 is 0.857 bits per heavy atom. The minimum atomic E-state index is -1.32. The van der Waals surface area contributed by atoms with E-state index in [1.807, 2.05) is 18.2 Å². The van der Waals surface area contributed by atoms with E-state index in [0.717, 1.165) is 5.56 Å². The molecular formula is C19H22OSi. The SMILES string of the molecule is C[Si](C)(C)C#Cc1cccc(COCc2ccccc2)c1. The molecule has 0 unspecified atom stereocenters. The van der Waals surface area contributed by atoms with Gasteiger partial charge in [0.1, 0.15) is 8.07 Å². The van der Waals surface area contributed by atoms with Crippen LogP contribution in [0.15, 0.2) is 54.6 Å². The fourth-order valence-electron chi connectivity index (χ4n) is 1.86. The summed E-state index contributed by atoms with van der Waals surface area (Å²) < 4.78 is 5.77. The third-order valence-electron chi connectivity index (χ3n) is 2.89. The summed E-state index contributed by atoms with van der Waals surface area (Å²) in [7, 11) is -1.32. The number of hydrogen-bond donors (Lipinski definition) is 0. The van der Waals surface area contributed by atoms with Crippen molar-refractivity contribution in [3.63, 3.8) is 0 Å².